The van der Waals surface area contributed by atoms with Gasteiger partial charge in [0.15, 0.2) is 0 Å². The molecule has 1 fully saturated rings. The van der Waals surface area contributed by atoms with E-state index in [0.717, 1.165) is 12.8 Å². The van der Waals surface area contributed by atoms with Crippen LogP contribution in [0.2, 0.25) is 0 Å². The maximum atomic E-state index is 10.9. The highest BCUT2D eigenvalue weighted by Gasteiger charge is 2.31. The Bertz CT molecular complexity index is 179. The molecule has 1 amide bonds. The summed E-state index contributed by atoms with van der Waals surface area (Å²) in [6.07, 6.45) is 3.37. The standard InChI is InChI=1S/C9H16ClNO/c1-9(2)4-3-7(5-9)11-8(12)6-10/h7H,3-6H2,1-2H3,(H,11,12). The van der Waals surface area contributed by atoms with Gasteiger partial charge in [0.25, 0.3) is 0 Å². The number of carbonyl (C=O) groups is 1. The Labute approximate surface area is 78.7 Å². The lowest BCUT2D eigenvalue weighted by Gasteiger charge is -2.17. The molecule has 0 saturated heterocycles. The Morgan fingerprint density at radius 2 is 2.33 bits per heavy atom. The van der Waals surface area contributed by atoms with Crippen LogP contribution in [0.15, 0.2) is 0 Å². The van der Waals surface area contributed by atoms with Gasteiger partial charge in [0.2, 0.25) is 5.91 Å². The maximum Gasteiger partial charge on any atom is 0.235 e. The van der Waals surface area contributed by atoms with Crippen LogP contribution in [0, 0.1) is 5.41 Å². The van der Waals surface area contributed by atoms with Crippen LogP contribution in [0.25, 0.3) is 0 Å². The molecule has 70 valence electrons. The zero-order chi connectivity index (χ0) is 9.19. The minimum Gasteiger partial charge on any atom is -0.352 e. The van der Waals surface area contributed by atoms with Gasteiger partial charge in [0, 0.05) is 6.04 Å². The van der Waals surface area contributed by atoms with Gasteiger partial charge in [-0.3, -0.25) is 4.79 Å². The largest absolute Gasteiger partial charge is 0.352 e. The number of nitrogens with one attached hydrogen (secondary N) is 1. The Balaban J connectivity index is 2.33. The molecule has 0 aromatic heterocycles. The number of hydrogen-bond acceptors (Lipinski definition) is 1. The van der Waals surface area contributed by atoms with E-state index in [4.69, 9.17) is 11.6 Å². The van der Waals surface area contributed by atoms with Crippen molar-refractivity contribution in [1.82, 2.24) is 5.32 Å². The molecule has 1 N–H and O–H groups in total. The Kier molecular flexibility index (Phi) is 2.99. The topological polar surface area (TPSA) is 29.1 Å². The maximum absolute atomic E-state index is 10.9. The van der Waals surface area contributed by atoms with Crippen molar-refractivity contribution in [3.63, 3.8) is 0 Å². The van der Waals surface area contributed by atoms with Gasteiger partial charge in [-0.15, -0.1) is 11.6 Å². The molecule has 0 aromatic rings. The van der Waals surface area contributed by atoms with Crippen LogP contribution in [0.1, 0.15) is 33.1 Å². The van der Waals surface area contributed by atoms with E-state index in [1.54, 1.807) is 0 Å². The molecule has 12 heavy (non-hydrogen) atoms. The molecule has 0 radical (unpaired) electrons. The number of carbonyl (C=O) groups excluding carboxylic acids is 1. The molecule has 1 rings (SSSR count). The highest BCUT2D eigenvalue weighted by molar-refractivity contribution is 6.27. The number of hydrogen-bond donors (Lipinski definition) is 1. The van der Waals surface area contributed by atoms with Crippen molar-refractivity contribution in [2.45, 2.75) is 39.2 Å². The van der Waals surface area contributed by atoms with E-state index >= 15 is 0 Å². The highest BCUT2D eigenvalue weighted by atomic mass is 35.5. The fourth-order valence-corrected chi connectivity index (χ4v) is 1.90. The third-order valence-corrected chi connectivity index (χ3v) is 2.70. The van der Waals surface area contributed by atoms with Gasteiger partial charge in [-0.2, -0.15) is 0 Å². The quantitative estimate of drug-likeness (QED) is 0.661. The van der Waals surface area contributed by atoms with E-state index in [0.29, 0.717) is 11.5 Å². The van der Waals surface area contributed by atoms with Crippen molar-refractivity contribution in [2.24, 2.45) is 5.41 Å². The first kappa shape index (κ1) is 9.85. The van der Waals surface area contributed by atoms with Crippen LogP contribution in [-0.2, 0) is 4.79 Å². The molecular formula is C9H16ClNO. The van der Waals surface area contributed by atoms with Crippen molar-refractivity contribution in [1.29, 1.82) is 0 Å². The van der Waals surface area contributed by atoms with E-state index in [-0.39, 0.29) is 11.8 Å². The van der Waals surface area contributed by atoms with Gasteiger partial charge in [0.05, 0.1) is 0 Å². The second-order valence-electron chi connectivity index (χ2n) is 4.31. The smallest absolute Gasteiger partial charge is 0.235 e. The Morgan fingerprint density at radius 3 is 2.75 bits per heavy atom. The number of amides is 1. The van der Waals surface area contributed by atoms with E-state index < -0.39 is 0 Å². The van der Waals surface area contributed by atoms with Crippen LogP contribution in [-0.4, -0.2) is 17.8 Å². The zero-order valence-electron chi connectivity index (χ0n) is 7.69. The zero-order valence-corrected chi connectivity index (χ0v) is 8.45. The summed E-state index contributed by atoms with van der Waals surface area (Å²) in [6.45, 7) is 4.47. The number of rotatable bonds is 2. The van der Waals surface area contributed by atoms with Crippen molar-refractivity contribution in [2.75, 3.05) is 5.88 Å². The SMILES string of the molecule is CC1(C)CCC(NC(=O)CCl)C1. The average Bonchev–Trinajstić information content (AvgIpc) is 2.30. The molecule has 1 unspecified atom stereocenters. The normalized spacial score (nSPS) is 27.1. The van der Waals surface area contributed by atoms with Crippen LogP contribution < -0.4 is 5.32 Å². The first-order valence-corrected chi connectivity index (χ1v) is 4.92. The Morgan fingerprint density at radius 1 is 1.67 bits per heavy atom. The molecule has 1 saturated carbocycles. The van der Waals surface area contributed by atoms with E-state index in [2.05, 4.69) is 19.2 Å². The molecule has 0 spiro atoms. The third kappa shape index (κ3) is 2.67. The third-order valence-electron chi connectivity index (χ3n) is 2.46. The lowest BCUT2D eigenvalue weighted by atomic mass is 9.92. The van der Waals surface area contributed by atoms with Crippen molar-refractivity contribution < 1.29 is 4.79 Å². The van der Waals surface area contributed by atoms with Crippen LogP contribution in [0.3, 0.4) is 0 Å². The summed E-state index contributed by atoms with van der Waals surface area (Å²) in [5.74, 6) is 0.0380. The molecule has 0 aliphatic heterocycles. The number of halogens is 1. The Hall–Kier alpha value is -0.240. The first-order valence-electron chi connectivity index (χ1n) is 4.39. The lowest BCUT2D eigenvalue weighted by molar-refractivity contribution is -0.119. The lowest BCUT2D eigenvalue weighted by Crippen LogP contribution is -2.34. The molecule has 2 nitrogen and oxygen atoms in total. The van der Waals surface area contributed by atoms with Crippen molar-refractivity contribution >= 4 is 17.5 Å². The molecule has 1 atom stereocenters. The van der Waals surface area contributed by atoms with E-state index in [1.807, 2.05) is 0 Å². The fourth-order valence-electron chi connectivity index (χ4n) is 1.83. The summed E-state index contributed by atoms with van der Waals surface area (Å²) in [7, 11) is 0. The second-order valence-corrected chi connectivity index (χ2v) is 4.57. The summed E-state index contributed by atoms with van der Waals surface area (Å²) >= 11 is 5.39. The van der Waals surface area contributed by atoms with Crippen LogP contribution in [0.4, 0.5) is 0 Å². The van der Waals surface area contributed by atoms with Gasteiger partial charge in [-0.1, -0.05) is 13.8 Å². The van der Waals surface area contributed by atoms with Crippen LogP contribution in [0.5, 0.6) is 0 Å². The van der Waals surface area contributed by atoms with E-state index in [9.17, 15) is 4.79 Å². The van der Waals surface area contributed by atoms with E-state index in [1.165, 1.54) is 6.42 Å². The average molecular weight is 190 g/mol. The van der Waals surface area contributed by atoms with Gasteiger partial charge in [-0.25, -0.2) is 0 Å². The minimum atomic E-state index is -0.0423. The number of alkyl halides is 1. The monoisotopic (exact) mass is 189 g/mol. The fraction of sp³-hybridized carbons (Fsp3) is 0.889. The molecular weight excluding hydrogens is 174 g/mol. The van der Waals surface area contributed by atoms with Crippen molar-refractivity contribution in [3.05, 3.63) is 0 Å². The molecule has 0 heterocycles. The highest BCUT2D eigenvalue weighted by Crippen LogP contribution is 2.36. The first-order chi connectivity index (χ1) is 5.53. The molecule has 1 aliphatic carbocycles. The molecule has 1 aliphatic rings. The van der Waals surface area contributed by atoms with Crippen LogP contribution >= 0.6 is 11.6 Å². The minimum absolute atomic E-state index is 0.0423. The molecule has 0 bridgehead atoms. The van der Waals surface area contributed by atoms with Gasteiger partial charge in [-0.05, 0) is 24.7 Å². The summed E-state index contributed by atoms with van der Waals surface area (Å²) < 4.78 is 0. The summed E-state index contributed by atoms with van der Waals surface area (Å²) in [5.41, 5.74) is 0.393. The predicted molar refractivity (Wildman–Crippen MR) is 50.3 cm³/mol. The predicted octanol–water partition coefficient (Wildman–Crippen LogP) is 1.92. The summed E-state index contributed by atoms with van der Waals surface area (Å²) in [6, 6.07) is 0.353. The molecule has 0 aromatic carbocycles. The molecule has 3 heteroatoms. The van der Waals surface area contributed by atoms with Gasteiger partial charge < -0.3 is 5.32 Å². The van der Waals surface area contributed by atoms with Crippen molar-refractivity contribution in [3.8, 4) is 0 Å². The summed E-state index contributed by atoms with van der Waals surface area (Å²) in [5, 5.41) is 2.91. The second kappa shape index (κ2) is 3.65. The van der Waals surface area contributed by atoms with Gasteiger partial charge in [0.1, 0.15) is 5.88 Å². The summed E-state index contributed by atoms with van der Waals surface area (Å²) in [4.78, 5) is 10.9. The van der Waals surface area contributed by atoms with Gasteiger partial charge >= 0.3 is 0 Å².